The minimum atomic E-state index is -3.87. The van der Waals surface area contributed by atoms with Crippen molar-refractivity contribution in [2.24, 2.45) is 0 Å². The highest BCUT2D eigenvalue weighted by Gasteiger charge is 2.34. The second-order valence-corrected chi connectivity index (χ2v) is 13.2. The lowest BCUT2D eigenvalue weighted by molar-refractivity contribution is -0.140. The molecule has 1 fully saturated rings. The van der Waals surface area contributed by atoms with Gasteiger partial charge in [0.25, 0.3) is 0 Å². The molecule has 0 saturated heterocycles. The molecule has 0 heterocycles. The number of methoxy groups -OCH3 is 1. The molecule has 1 atom stereocenters. The molecular formula is C31H35Cl2N3O5S. The van der Waals surface area contributed by atoms with E-state index in [1.165, 1.54) is 12.0 Å². The SMILES string of the molecule is COc1ccc(N(CC(=O)N(Cc2ccc(Cl)c(Cl)c2)C(Cc2ccccc2)C(=O)NC2CCCC2)S(C)(=O)=O)cc1. The van der Waals surface area contributed by atoms with E-state index in [1.54, 1.807) is 42.5 Å². The zero-order valence-electron chi connectivity index (χ0n) is 23.6. The molecule has 0 aromatic heterocycles. The van der Waals surface area contributed by atoms with Gasteiger partial charge in [-0.2, -0.15) is 0 Å². The Morgan fingerprint density at radius 1 is 0.952 bits per heavy atom. The van der Waals surface area contributed by atoms with E-state index in [4.69, 9.17) is 27.9 Å². The third-order valence-electron chi connectivity index (χ3n) is 7.35. The number of nitrogens with one attached hydrogen (secondary N) is 1. The molecule has 0 spiro atoms. The number of ether oxygens (including phenoxy) is 1. The van der Waals surface area contributed by atoms with E-state index < -0.39 is 28.5 Å². The maximum Gasteiger partial charge on any atom is 0.244 e. The summed E-state index contributed by atoms with van der Waals surface area (Å²) in [7, 11) is -2.36. The molecule has 3 aromatic carbocycles. The maximum atomic E-state index is 14.2. The molecule has 1 aliphatic carbocycles. The molecular weight excluding hydrogens is 597 g/mol. The molecule has 4 rings (SSSR count). The largest absolute Gasteiger partial charge is 0.497 e. The predicted octanol–water partition coefficient (Wildman–Crippen LogP) is 5.47. The summed E-state index contributed by atoms with van der Waals surface area (Å²) in [6.45, 7) is -0.486. The number of nitrogens with zero attached hydrogens (tertiary/aromatic N) is 2. The lowest BCUT2D eigenvalue weighted by Crippen LogP contribution is -2.54. The highest BCUT2D eigenvalue weighted by molar-refractivity contribution is 7.92. The molecule has 0 aliphatic heterocycles. The van der Waals surface area contributed by atoms with Crippen molar-refractivity contribution in [1.29, 1.82) is 0 Å². The number of carbonyl (C=O) groups excluding carboxylic acids is 2. The van der Waals surface area contributed by atoms with Gasteiger partial charge in [-0.15, -0.1) is 0 Å². The van der Waals surface area contributed by atoms with Gasteiger partial charge in [0.15, 0.2) is 0 Å². The van der Waals surface area contributed by atoms with Gasteiger partial charge < -0.3 is 15.0 Å². The number of sulfonamides is 1. The van der Waals surface area contributed by atoms with Crippen LogP contribution in [0.15, 0.2) is 72.8 Å². The summed E-state index contributed by atoms with van der Waals surface area (Å²) in [5.41, 5.74) is 1.82. The van der Waals surface area contributed by atoms with Crippen LogP contribution in [-0.4, -0.2) is 57.1 Å². The molecule has 8 nitrogen and oxygen atoms in total. The van der Waals surface area contributed by atoms with E-state index >= 15 is 0 Å². The van der Waals surface area contributed by atoms with Crippen molar-refractivity contribution in [3.63, 3.8) is 0 Å². The Morgan fingerprint density at radius 2 is 1.62 bits per heavy atom. The van der Waals surface area contributed by atoms with Crippen LogP contribution >= 0.6 is 23.2 Å². The van der Waals surface area contributed by atoms with E-state index in [-0.39, 0.29) is 24.9 Å². The van der Waals surface area contributed by atoms with Gasteiger partial charge in [0.2, 0.25) is 21.8 Å². The topological polar surface area (TPSA) is 96.0 Å². The first-order chi connectivity index (χ1) is 20.0. The van der Waals surface area contributed by atoms with Crippen molar-refractivity contribution < 1.29 is 22.7 Å². The first kappa shape index (κ1) is 31.7. The molecule has 3 aromatic rings. The fourth-order valence-corrected chi connectivity index (χ4v) is 6.29. The molecule has 0 radical (unpaired) electrons. The van der Waals surface area contributed by atoms with Crippen LogP contribution in [0.1, 0.15) is 36.8 Å². The van der Waals surface area contributed by atoms with Crippen LogP contribution in [0.25, 0.3) is 0 Å². The zero-order valence-corrected chi connectivity index (χ0v) is 26.0. The van der Waals surface area contributed by atoms with Gasteiger partial charge in [-0.05, 0) is 60.4 Å². The zero-order chi connectivity index (χ0) is 30.3. The number of halogens is 2. The maximum absolute atomic E-state index is 14.2. The van der Waals surface area contributed by atoms with Crippen LogP contribution in [0.3, 0.4) is 0 Å². The van der Waals surface area contributed by atoms with Crippen molar-refractivity contribution in [3.8, 4) is 5.75 Å². The second kappa shape index (κ2) is 14.3. The average Bonchev–Trinajstić information content (AvgIpc) is 3.48. The van der Waals surface area contributed by atoms with Crippen LogP contribution in [0.5, 0.6) is 5.75 Å². The Bertz CT molecular complexity index is 1480. The van der Waals surface area contributed by atoms with Gasteiger partial charge in [-0.1, -0.05) is 72.4 Å². The van der Waals surface area contributed by atoms with Crippen molar-refractivity contribution in [1.82, 2.24) is 10.2 Å². The Labute approximate surface area is 257 Å². The van der Waals surface area contributed by atoms with Crippen LogP contribution in [0.2, 0.25) is 10.0 Å². The van der Waals surface area contributed by atoms with Crippen LogP contribution in [-0.2, 0) is 32.6 Å². The highest BCUT2D eigenvalue weighted by atomic mass is 35.5. The third kappa shape index (κ3) is 8.40. The second-order valence-electron chi connectivity index (χ2n) is 10.4. The molecule has 224 valence electrons. The minimum absolute atomic E-state index is 0.0194. The lowest BCUT2D eigenvalue weighted by Gasteiger charge is -2.34. The number of benzene rings is 3. The van der Waals surface area contributed by atoms with Gasteiger partial charge >= 0.3 is 0 Å². The Morgan fingerprint density at radius 3 is 2.21 bits per heavy atom. The van der Waals surface area contributed by atoms with Crippen molar-refractivity contribution >= 4 is 50.7 Å². The number of hydrogen-bond donors (Lipinski definition) is 1. The van der Waals surface area contributed by atoms with E-state index in [9.17, 15) is 18.0 Å². The number of carbonyl (C=O) groups is 2. The van der Waals surface area contributed by atoms with Crippen molar-refractivity contribution in [2.75, 3.05) is 24.2 Å². The summed E-state index contributed by atoms with van der Waals surface area (Å²) in [6, 6.07) is 20.0. The van der Waals surface area contributed by atoms with Gasteiger partial charge in [0, 0.05) is 19.0 Å². The number of anilines is 1. The van der Waals surface area contributed by atoms with Crippen LogP contribution in [0.4, 0.5) is 5.69 Å². The fraction of sp³-hybridized carbons (Fsp3) is 0.355. The monoisotopic (exact) mass is 631 g/mol. The Balaban J connectivity index is 1.73. The number of amides is 2. The molecule has 1 N–H and O–H groups in total. The number of hydrogen-bond acceptors (Lipinski definition) is 5. The number of rotatable bonds is 12. The molecule has 1 aliphatic rings. The lowest BCUT2D eigenvalue weighted by atomic mass is 10.0. The van der Waals surface area contributed by atoms with E-state index in [2.05, 4.69) is 5.32 Å². The van der Waals surface area contributed by atoms with Gasteiger partial charge in [-0.3, -0.25) is 13.9 Å². The third-order valence-corrected chi connectivity index (χ3v) is 9.23. The quantitative estimate of drug-likeness (QED) is 0.286. The smallest absolute Gasteiger partial charge is 0.244 e. The van der Waals surface area contributed by atoms with E-state index in [1.807, 2.05) is 30.3 Å². The van der Waals surface area contributed by atoms with Crippen LogP contribution in [0, 0.1) is 0 Å². The Hall–Kier alpha value is -3.27. The summed E-state index contributed by atoms with van der Waals surface area (Å²) < 4.78 is 32.1. The minimum Gasteiger partial charge on any atom is -0.497 e. The predicted molar refractivity (Wildman–Crippen MR) is 167 cm³/mol. The fourth-order valence-electron chi connectivity index (χ4n) is 5.12. The average molecular weight is 633 g/mol. The summed E-state index contributed by atoms with van der Waals surface area (Å²) in [6.07, 6.45) is 5.11. The summed E-state index contributed by atoms with van der Waals surface area (Å²) in [5, 5.41) is 3.82. The first-order valence-electron chi connectivity index (χ1n) is 13.7. The molecule has 11 heteroatoms. The van der Waals surface area contributed by atoms with Crippen molar-refractivity contribution in [2.45, 2.75) is 50.7 Å². The summed E-state index contributed by atoms with van der Waals surface area (Å²) in [4.78, 5) is 29.5. The van der Waals surface area contributed by atoms with Gasteiger partial charge in [0.05, 0.1) is 29.1 Å². The van der Waals surface area contributed by atoms with E-state index in [0.29, 0.717) is 27.0 Å². The van der Waals surface area contributed by atoms with Gasteiger partial charge in [0.1, 0.15) is 18.3 Å². The van der Waals surface area contributed by atoms with Crippen molar-refractivity contribution in [3.05, 3.63) is 94.0 Å². The molecule has 42 heavy (non-hydrogen) atoms. The first-order valence-corrected chi connectivity index (χ1v) is 16.3. The molecule has 1 unspecified atom stereocenters. The van der Waals surface area contributed by atoms with Gasteiger partial charge in [-0.25, -0.2) is 8.42 Å². The normalized spacial score (nSPS) is 14.3. The summed E-state index contributed by atoms with van der Waals surface area (Å²) >= 11 is 12.4. The van der Waals surface area contributed by atoms with Crippen LogP contribution < -0.4 is 14.4 Å². The molecule has 0 bridgehead atoms. The molecule has 2 amide bonds. The standard InChI is InChI=1S/C31H35Cl2N3O5S/c1-41-26-15-13-25(14-16-26)36(42(2,39)40)21-30(37)35(20-23-12-17-27(32)28(33)18-23)29(19-22-8-4-3-5-9-22)31(38)34-24-10-6-7-11-24/h3-5,8-9,12-18,24,29H,6-7,10-11,19-21H2,1-2H3,(H,34,38). The highest BCUT2D eigenvalue weighted by Crippen LogP contribution is 2.26. The summed E-state index contributed by atoms with van der Waals surface area (Å²) in [5.74, 6) is -0.273. The Kier molecular flexibility index (Phi) is 10.8. The molecule has 1 saturated carbocycles. The van der Waals surface area contributed by atoms with E-state index in [0.717, 1.165) is 41.8 Å².